The molecule has 5 N–H and O–H groups in total. The Balaban J connectivity index is 1.49. The molecule has 224 valence electrons. The molecule has 0 aliphatic heterocycles. The number of carbonyl (C=O) groups excluding carboxylic acids is 1. The standard InChI is InChI=1S/C35H43N7O/c1-5-13-27-25(21-37-29(27)6-2)16-12-19-32-40-41-33(42(32)23-24-14-8-7-9-15-24)31(39-34(43)35(3,4)36)20-26-22-38-30-18-11-10-17-28(26)30/h6-11,13-15,17-18,21-22,31,37-38H,5,12,16,19-20,23,36H2,1-4H3,(H,39,43). The molecule has 1 atom stereocenters. The van der Waals surface area contributed by atoms with Crippen molar-refractivity contribution in [3.8, 4) is 0 Å². The van der Waals surface area contributed by atoms with E-state index in [-0.39, 0.29) is 5.91 Å². The molecule has 3 aromatic heterocycles. The van der Waals surface area contributed by atoms with Crippen molar-refractivity contribution < 1.29 is 4.79 Å². The lowest BCUT2D eigenvalue weighted by Crippen LogP contribution is -2.50. The Morgan fingerprint density at radius 3 is 2.51 bits per heavy atom. The maximum atomic E-state index is 13.2. The van der Waals surface area contributed by atoms with Crippen LogP contribution in [-0.2, 0) is 30.6 Å². The van der Waals surface area contributed by atoms with Crippen LogP contribution >= 0.6 is 0 Å². The largest absolute Gasteiger partial charge is 0.361 e. The number of hydrogen-bond donors (Lipinski definition) is 4. The van der Waals surface area contributed by atoms with Gasteiger partial charge in [0, 0.05) is 41.5 Å². The quantitative estimate of drug-likeness (QED) is 0.175. The van der Waals surface area contributed by atoms with Gasteiger partial charge in [-0.25, -0.2) is 0 Å². The number of H-pyrrole nitrogens is 2. The lowest BCUT2D eigenvalue weighted by Gasteiger charge is -2.25. The van der Waals surface area contributed by atoms with Crippen LogP contribution in [0.15, 0.2) is 67.0 Å². The number of nitrogens with two attached hydrogens (primary N) is 1. The smallest absolute Gasteiger partial charge is 0.240 e. The summed E-state index contributed by atoms with van der Waals surface area (Å²) in [6.07, 6.45) is 12.7. The topological polar surface area (TPSA) is 117 Å². The molecular weight excluding hydrogens is 534 g/mol. The van der Waals surface area contributed by atoms with Crippen molar-refractivity contribution in [3.63, 3.8) is 0 Å². The molecular formula is C35H43N7O. The van der Waals surface area contributed by atoms with Crippen molar-refractivity contribution in [2.45, 2.75) is 77.9 Å². The summed E-state index contributed by atoms with van der Waals surface area (Å²) in [5, 5.41) is 16.2. The molecule has 2 aromatic carbocycles. The molecule has 43 heavy (non-hydrogen) atoms. The minimum atomic E-state index is -1.04. The number of rotatable bonds is 12. The van der Waals surface area contributed by atoms with Crippen LogP contribution in [0, 0.1) is 0 Å². The number of para-hydroxylation sites is 1. The van der Waals surface area contributed by atoms with Crippen LogP contribution in [0.25, 0.3) is 23.1 Å². The average molecular weight is 578 g/mol. The van der Waals surface area contributed by atoms with Gasteiger partial charge in [-0.05, 0) is 68.0 Å². The minimum Gasteiger partial charge on any atom is -0.361 e. The molecule has 0 radical (unpaired) electrons. The zero-order valence-electron chi connectivity index (χ0n) is 25.7. The molecule has 0 fully saturated rings. The van der Waals surface area contributed by atoms with Gasteiger partial charge in [-0.3, -0.25) is 4.79 Å². The first kappa shape index (κ1) is 30.0. The molecule has 0 saturated carbocycles. The van der Waals surface area contributed by atoms with Crippen LogP contribution in [0.3, 0.4) is 0 Å². The predicted molar refractivity (Wildman–Crippen MR) is 174 cm³/mol. The second-order valence-electron chi connectivity index (χ2n) is 11.8. The number of nitrogens with zero attached hydrogens (tertiary/aromatic N) is 3. The first-order chi connectivity index (χ1) is 20.8. The summed E-state index contributed by atoms with van der Waals surface area (Å²) < 4.78 is 2.18. The highest BCUT2D eigenvalue weighted by Gasteiger charge is 2.29. The number of benzene rings is 2. The normalized spacial score (nSPS) is 13.6. The van der Waals surface area contributed by atoms with E-state index in [2.05, 4.69) is 76.3 Å². The molecule has 8 heteroatoms. The van der Waals surface area contributed by atoms with E-state index in [9.17, 15) is 4.79 Å². The van der Waals surface area contributed by atoms with Crippen LogP contribution in [-0.4, -0.2) is 36.2 Å². The number of fused-ring (bicyclic) bond motifs is 1. The van der Waals surface area contributed by atoms with E-state index in [0.717, 1.165) is 59.4 Å². The Kier molecular flexibility index (Phi) is 9.26. The summed E-state index contributed by atoms with van der Waals surface area (Å²) in [5.41, 5.74) is 9.82. The van der Waals surface area contributed by atoms with Gasteiger partial charge in [0.2, 0.25) is 5.91 Å². The van der Waals surface area contributed by atoms with Gasteiger partial charge in [-0.15, -0.1) is 10.2 Å². The van der Waals surface area contributed by atoms with E-state index in [1.54, 1.807) is 13.8 Å². The summed E-state index contributed by atoms with van der Waals surface area (Å²) in [6.45, 7) is 8.28. The third kappa shape index (κ3) is 6.97. The number of aryl methyl sites for hydroxylation is 2. The second-order valence-corrected chi connectivity index (χ2v) is 11.8. The highest BCUT2D eigenvalue weighted by Crippen LogP contribution is 2.26. The number of aromatic amines is 2. The van der Waals surface area contributed by atoms with Gasteiger partial charge >= 0.3 is 0 Å². The fourth-order valence-corrected chi connectivity index (χ4v) is 5.62. The van der Waals surface area contributed by atoms with Crippen molar-refractivity contribution in [2.24, 2.45) is 5.73 Å². The molecule has 0 bridgehead atoms. The van der Waals surface area contributed by atoms with Gasteiger partial charge in [0.25, 0.3) is 0 Å². The number of hydrogen-bond acceptors (Lipinski definition) is 4. The maximum absolute atomic E-state index is 13.2. The molecule has 5 aromatic rings. The van der Waals surface area contributed by atoms with Crippen molar-refractivity contribution in [3.05, 3.63) is 106 Å². The van der Waals surface area contributed by atoms with Crippen LogP contribution < -0.4 is 21.6 Å². The van der Waals surface area contributed by atoms with Gasteiger partial charge in [0.15, 0.2) is 5.82 Å². The average Bonchev–Trinajstić information content (AvgIpc) is 3.70. The summed E-state index contributed by atoms with van der Waals surface area (Å²) in [7, 11) is 0. The number of carbonyl (C=O) groups is 1. The molecule has 8 nitrogen and oxygen atoms in total. The zero-order valence-corrected chi connectivity index (χ0v) is 25.7. The molecule has 0 aliphatic rings. The van der Waals surface area contributed by atoms with Crippen molar-refractivity contribution in [1.82, 2.24) is 30.0 Å². The fraction of sp³-hybridized carbons (Fsp3) is 0.343. The first-order valence-corrected chi connectivity index (χ1v) is 15.2. The van der Waals surface area contributed by atoms with Gasteiger partial charge < -0.3 is 25.6 Å². The van der Waals surface area contributed by atoms with Gasteiger partial charge in [-0.1, -0.05) is 67.6 Å². The van der Waals surface area contributed by atoms with E-state index >= 15 is 0 Å². The number of aromatic nitrogens is 5. The fourth-order valence-electron chi connectivity index (χ4n) is 5.62. The van der Waals surface area contributed by atoms with Gasteiger partial charge in [0.1, 0.15) is 5.82 Å². The van der Waals surface area contributed by atoms with Crippen LogP contribution in [0.1, 0.15) is 74.9 Å². The molecule has 1 amide bonds. The SMILES string of the molecule is CC=c1[nH]cc(CCCc2nnc(C(Cc3c[nH]c4ccccc34)NC(=O)C(C)(C)N)n2Cc2ccccc2)c1=CCC. The number of amides is 1. The third-order valence-corrected chi connectivity index (χ3v) is 7.92. The van der Waals surface area contributed by atoms with Crippen LogP contribution in [0.5, 0.6) is 0 Å². The Morgan fingerprint density at radius 1 is 1.02 bits per heavy atom. The van der Waals surface area contributed by atoms with Crippen LogP contribution in [0.2, 0.25) is 0 Å². The highest BCUT2D eigenvalue weighted by molar-refractivity contribution is 5.86. The number of nitrogens with one attached hydrogen (secondary N) is 3. The van der Waals surface area contributed by atoms with Crippen LogP contribution in [0.4, 0.5) is 0 Å². The first-order valence-electron chi connectivity index (χ1n) is 15.2. The summed E-state index contributed by atoms with van der Waals surface area (Å²) >= 11 is 0. The molecule has 1 unspecified atom stereocenters. The monoisotopic (exact) mass is 577 g/mol. The Labute approximate surface area is 253 Å². The Bertz CT molecular complexity index is 1790. The van der Waals surface area contributed by atoms with Crippen molar-refractivity contribution >= 4 is 29.0 Å². The predicted octanol–water partition coefficient (Wildman–Crippen LogP) is 4.44. The highest BCUT2D eigenvalue weighted by atomic mass is 16.2. The van der Waals surface area contributed by atoms with Gasteiger partial charge in [-0.2, -0.15) is 0 Å². The van der Waals surface area contributed by atoms with E-state index in [1.807, 2.05) is 36.5 Å². The van der Waals surface area contributed by atoms with E-state index in [1.165, 1.54) is 16.1 Å². The summed E-state index contributed by atoms with van der Waals surface area (Å²) in [4.78, 5) is 20.0. The lowest BCUT2D eigenvalue weighted by molar-refractivity contribution is -0.126. The molecule has 0 spiro atoms. The van der Waals surface area contributed by atoms with Crippen molar-refractivity contribution in [1.29, 1.82) is 0 Å². The summed E-state index contributed by atoms with van der Waals surface area (Å²) in [5.74, 6) is 1.40. The van der Waals surface area contributed by atoms with E-state index in [4.69, 9.17) is 15.9 Å². The molecule has 0 aliphatic carbocycles. The minimum absolute atomic E-state index is 0.233. The molecule has 0 saturated heterocycles. The Morgan fingerprint density at radius 2 is 1.77 bits per heavy atom. The maximum Gasteiger partial charge on any atom is 0.240 e. The van der Waals surface area contributed by atoms with E-state index < -0.39 is 11.6 Å². The van der Waals surface area contributed by atoms with Gasteiger partial charge in [0.05, 0.1) is 18.1 Å². The third-order valence-electron chi connectivity index (χ3n) is 7.92. The molecule has 5 rings (SSSR count). The lowest BCUT2D eigenvalue weighted by atomic mass is 10.0. The summed E-state index contributed by atoms with van der Waals surface area (Å²) in [6, 6.07) is 18.1. The Hall–Kier alpha value is -4.43. The van der Waals surface area contributed by atoms with E-state index in [0.29, 0.717) is 13.0 Å². The molecule has 3 heterocycles. The van der Waals surface area contributed by atoms with Crippen molar-refractivity contribution in [2.75, 3.05) is 0 Å². The second kappa shape index (κ2) is 13.3. The zero-order chi connectivity index (χ0) is 30.4.